The van der Waals surface area contributed by atoms with Crippen LogP contribution in [-0.2, 0) is 32.7 Å². The fraction of sp³-hybridized carbons (Fsp3) is 0.640. The molecule has 0 aromatic rings. The van der Waals surface area contributed by atoms with Crippen molar-refractivity contribution >= 4 is 19.8 Å². The second-order valence-electron chi connectivity index (χ2n) is 16.2. The Kier molecular flexibility index (Phi) is 38.8. The monoisotopic (exact) mass is 874 g/mol. The third-order valence-electron chi connectivity index (χ3n) is 9.13. The van der Waals surface area contributed by atoms with Gasteiger partial charge in [0.1, 0.15) is 19.8 Å². The Hall–Kier alpha value is -3.11. The van der Waals surface area contributed by atoms with Crippen molar-refractivity contribution in [3.8, 4) is 0 Å². The number of esters is 2. The third kappa shape index (κ3) is 44.7. The molecule has 0 aliphatic rings. The highest BCUT2D eigenvalue weighted by Crippen LogP contribution is 2.38. The molecule has 0 saturated carbocycles. The zero-order chi connectivity index (χ0) is 45.1. The summed E-state index contributed by atoms with van der Waals surface area (Å²) in [4.78, 5) is 37.6. The number of phosphoric acid groups is 1. The minimum Gasteiger partial charge on any atom is -0.756 e. The first-order valence-corrected chi connectivity index (χ1v) is 24.5. The molecule has 0 fully saturated rings. The lowest BCUT2D eigenvalue weighted by Gasteiger charge is -2.28. The number of carbonyl (C=O) groups excluding carboxylic acids is 2. The first-order valence-electron chi connectivity index (χ1n) is 23.0. The van der Waals surface area contributed by atoms with Gasteiger partial charge in [-0.1, -0.05) is 137 Å². The van der Waals surface area contributed by atoms with E-state index in [1.54, 1.807) is 0 Å². The lowest BCUT2D eigenvalue weighted by atomic mass is 10.1. The molecule has 0 aliphatic carbocycles. The molecule has 2 unspecified atom stereocenters. The van der Waals surface area contributed by atoms with Gasteiger partial charge < -0.3 is 33.0 Å². The van der Waals surface area contributed by atoms with Gasteiger partial charge in [-0.05, 0) is 96.3 Å². The molecule has 1 N–H and O–H groups in total. The Labute approximate surface area is 371 Å². The Bertz CT molecular complexity index is 1370. The number of ether oxygens (including phenoxy) is 2. The van der Waals surface area contributed by atoms with Crippen molar-refractivity contribution in [1.82, 2.24) is 0 Å². The van der Waals surface area contributed by atoms with E-state index in [1.165, 1.54) is 25.7 Å². The number of quaternary nitrogens is 1. The number of hydrogen-bond acceptors (Lipinski definition) is 9. The molecule has 0 bridgehead atoms. The van der Waals surface area contributed by atoms with Crippen molar-refractivity contribution < 1.29 is 47.2 Å². The summed E-state index contributed by atoms with van der Waals surface area (Å²) in [6.07, 6.45) is 50.7. The number of aliphatic hydroxyl groups excluding tert-OH is 1. The minimum atomic E-state index is -4.66. The molecule has 0 spiro atoms. The van der Waals surface area contributed by atoms with Crippen LogP contribution in [0.2, 0.25) is 0 Å². The fourth-order valence-electron chi connectivity index (χ4n) is 5.53. The van der Waals surface area contributed by atoms with Gasteiger partial charge in [-0.15, -0.1) is 0 Å². The molecule has 0 saturated heterocycles. The summed E-state index contributed by atoms with van der Waals surface area (Å²) < 4.78 is 33.8. The SMILES string of the molecule is CCCCC/C=C\C/C=C\C/C=C\C/C=C\CCCCCC(=O)O[C@H](COC(=O)CCC/C=C\C/C=C\C/C=C\C/C=C\CC(O)CCC)COP(=O)([O-])OCC[N+](C)(C)C. The average Bonchev–Trinajstić information content (AvgIpc) is 3.20. The average molecular weight is 874 g/mol. The van der Waals surface area contributed by atoms with E-state index < -0.39 is 32.5 Å². The van der Waals surface area contributed by atoms with Crippen LogP contribution < -0.4 is 4.89 Å². The van der Waals surface area contributed by atoms with E-state index in [2.05, 4.69) is 98.9 Å². The second-order valence-corrected chi connectivity index (χ2v) is 17.6. The van der Waals surface area contributed by atoms with Gasteiger partial charge in [0, 0.05) is 12.8 Å². The standard InChI is InChI=1S/C50H84NO9P/c1-6-8-9-10-11-12-13-14-15-16-17-18-19-22-26-29-32-35-38-42-50(54)60-48(46-59-61(55,56)58-44-43-51(3,4)5)45-57-49(53)41-37-34-31-28-25-23-20-21-24-27-30-33-36-40-47(52)39-7-2/h11-12,14-15,17-18,20,22-24,26-28,31,33,36,47-48,52H,6-10,13,16,19,21,25,29-30,32,34-35,37-46H2,1-5H3/b12-11-,15-14-,18-17-,23-20-,26-22-,27-24-,31-28-,36-33-/t47?,48-/m1/s1. The van der Waals surface area contributed by atoms with Crippen LogP contribution in [-0.4, -0.2) is 81.2 Å². The van der Waals surface area contributed by atoms with E-state index in [0.717, 1.165) is 70.6 Å². The van der Waals surface area contributed by atoms with Crippen LogP contribution >= 0.6 is 7.82 Å². The smallest absolute Gasteiger partial charge is 0.306 e. The number of phosphoric ester groups is 1. The van der Waals surface area contributed by atoms with Crippen molar-refractivity contribution in [3.63, 3.8) is 0 Å². The maximum Gasteiger partial charge on any atom is 0.306 e. The Morgan fingerprint density at radius 3 is 1.57 bits per heavy atom. The summed E-state index contributed by atoms with van der Waals surface area (Å²) >= 11 is 0. The summed E-state index contributed by atoms with van der Waals surface area (Å²) in [6, 6.07) is 0. The molecule has 10 nitrogen and oxygen atoms in total. The van der Waals surface area contributed by atoms with E-state index in [0.29, 0.717) is 36.7 Å². The predicted octanol–water partition coefficient (Wildman–Crippen LogP) is 11.7. The number of carbonyl (C=O) groups is 2. The summed E-state index contributed by atoms with van der Waals surface area (Å²) in [5, 5.41) is 9.74. The van der Waals surface area contributed by atoms with Gasteiger partial charge in [0.05, 0.1) is 33.9 Å². The van der Waals surface area contributed by atoms with Crippen LogP contribution in [0.4, 0.5) is 0 Å². The lowest BCUT2D eigenvalue weighted by Crippen LogP contribution is -2.37. The predicted molar refractivity (Wildman–Crippen MR) is 251 cm³/mol. The summed E-state index contributed by atoms with van der Waals surface area (Å²) in [5.41, 5.74) is 0. The number of unbranched alkanes of at least 4 members (excludes halogenated alkanes) is 7. The first-order chi connectivity index (χ1) is 29.4. The molecule has 0 amide bonds. The van der Waals surface area contributed by atoms with Crippen molar-refractivity contribution in [1.29, 1.82) is 0 Å². The third-order valence-corrected chi connectivity index (χ3v) is 10.1. The molecular formula is C50H84NO9P. The fourth-order valence-corrected chi connectivity index (χ4v) is 6.25. The number of aliphatic hydroxyl groups is 1. The van der Waals surface area contributed by atoms with Crippen LogP contribution in [0.5, 0.6) is 0 Å². The molecule has 3 atom stereocenters. The summed E-state index contributed by atoms with van der Waals surface area (Å²) in [6.45, 7) is 3.86. The number of hydrogen-bond donors (Lipinski definition) is 1. The van der Waals surface area contributed by atoms with Crippen molar-refractivity contribution in [3.05, 3.63) is 97.2 Å². The van der Waals surface area contributed by atoms with Crippen molar-refractivity contribution in [2.75, 3.05) is 47.5 Å². The zero-order valence-electron chi connectivity index (χ0n) is 38.7. The Morgan fingerprint density at radius 1 is 0.590 bits per heavy atom. The number of likely N-dealkylation sites (N-methyl/N-ethyl adjacent to an activating group) is 1. The Morgan fingerprint density at radius 2 is 1.07 bits per heavy atom. The highest BCUT2D eigenvalue weighted by atomic mass is 31.2. The number of rotatable bonds is 40. The molecule has 0 aromatic heterocycles. The van der Waals surface area contributed by atoms with E-state index >= 15 is 0 Å². The van der Waals surface area contributed by atoms with Gasteiger partial charge in [0.2, 0.25) is 0 Å². The van der Waals surface area contributed by atoms with Crippen LogP contribution in [0.15, 0.2) is 97.2 Å². The van der Waals surface area contributed by atoms with E-state index in [1.807, 2.05) is 33.3 Å². The van der Waals surface area contributed by atoms with E-state index in [-0.39, 0.29) is 32.2 Å². The number of nitrogens with zero attached hydrogens (tertiary/aromatic N) is 1. The van der Waals surface area contributed by atoms with Crippen molar-refractivity contribution in [2.45, 2.75) is 161 Å². The largest absolute Gasteiger partial charge is 0.756 e. The van der Waals surface area contributed by atoms with Crippen LogP contribution in [0, 0.1) is 0 Å². The molecule has 0 radical (unpaired) electrons. The molecule has 0 aromatic carbocycles. The van der Waals surface area contributed by atoms with Gasteiger partial charge in [0.25, 0.3) is 7.82 Å². The highest BCUT2D eigenvalue weighted by Gasteiger charge is 2.21. The normalized spacial score (nSPS) is 14.9. The molecule has 11 heteroatoms. The quantitative estimate of drug-likeness (QED) is 0.0210. The van der Waals surface area contributed by atoms with Gasteiger partial charge >= 0.3 is 11.9 Å². The zero-order valence-corrected chi connectivity index (χ0v) is 39.6. The molecule has 61 heavy (non-hydrogen) atoms. The van der Waals surface area contributed by atoms with Crippen LogP contribution in [0.25, 0.3) is 0 Å². The van der Waals surface area contributed by atoms with Gasteiger partial charge in [-0.2, -0.15) is 0 Å². The van der Waals surface area contributed by atoms with Crippen LogP contribution in [0.3, 0.4) is 0 Å². The first kappa shape index (κ1) is 57.9. The summed E-state index contributed by atoms with van der Waals surface area (Å²) in [5.74, 6) is -0.967. The number of allylic oxidation sites excluding steroid dienone is 15. The topological polar surface area (TPSA) is 131 Å². The Balaban J connectivity index is 4.53. The summed E-state index contributed by atoms with van der Waals surface area (Å²) in [7, 11) is 1.07. The maximum absolute atomic E-state index is 12.7. The molecule has 0 aliphatic heterocycles. The van der Waals surface area contributed by atoms with Gasteiger partial charge in [0.15, 0.2) is 6.10 Å². The van der Waals surface area contributed by atoms with Gasteiger partial charge in [-0.3, -0.25) is 14.2 Å². The van der Waals surface area contributed by atoms with Crippen molar-refractivity contribution in [2.24, 2.45) is 0 Å². The second kappa shape index (κ2) is 40.9. The molecular weight excluding hydrogens is 790 g/mol. The highest BCUT2D eigenvalue weighted by molar-refractivity contribution is 7.45. The van der Waals surface area contributed by atoms with E-state index in [9.17, 15) is 24.2 Å². The lowest BCUT2D eigenvalue weighted by molar-refractivity contribution is -0.870. The molecule has 0 heterocycles. The molecule has 348 valence electrons. The van der Waals surface area contributed by atoms with Gasteiger partial charge in [-0.25, -0.2) is 0 Å². The van der Waals surface area contributed by atoms with Crippen LogP contribution in [0.1, 0.15) is 149 Å². The minimum absolute atomic E-state index is 0.0578. The molecule has 0 rings (SSSR count). The maximum atomic E-state index is 12.7. The van der Waals surface area contributed by atoms with E-state index in [4.69, 9.17) is 18.5 Å².